The van der Waals surface area contributed by atoms with E-state index in [1.807, 2.05) is 0 Å². The van der Waals surface area contributed by atoms with Crippen LogP contribution in [0.15, 0.2) is 24.3 Å². The zero-order chi connectivity index (χ0) is 19.5. The van der Waals surface area contributed by atoms with Gasteiger partial charge in [0.2, 0.25) is 5.91 Å². The SMILES string of the molecule is COC(=O)CCN(CC(F)(F)F)C(=O)CN1C(=O)c2ccccc2C1=O. The van der Waals surface area contributed by atoms with E-state index in [4.69, 9.17) is 0 Å². The Morgan fingerprint density at radius 1 is 1.12 bits per heavy atom. The molecule has 0 aliphatic carbocycles. The first-order chi connectivity index (χ1) is 12.1. The predicted octanol–water partition coefficient (Wildman–Crippen LogP) is 1.24. The van der Waals surface area contributed by atoms with Crippen LogP contribution in [0.3, 0.4) is 0 Å². The number of methoxy groups -OCH3 is 1. The van der Waals surface area contributed by atoms with E-state index in [1.165, 1.54) is 24.3 Å². The molecule has 1 heterocycles. The number of imide groups is 1. The van der Waals surface area contributed by atoms with Crippen molar-refractivity contribution in [2.24, 2.45) is 0 Å². The maximum absolute atomic E-state index is 12.7. The molecule has 0 unspecified atom stereocenters. The van der Waals surface area contributed by atoms with Crippen molar-refractivity contribution < 1.29 is 37.1 Å². The van der Waals surface area contributed by atoms with E-state index in [-0.39, 0.29) is 11.1 Å². The van der Waals surface area contributed by atoms with Crippen LogP contribution in [-0.2, 0) is 14.3 Å². The number of benzene rings is 1. The summed E-state index contributed by atoms with van der Waals surface area (Å²) in [5, 5.41) is 0. The predicted molar refractivity (Wildman–Crippen MR) is 81.1 cm³/mol. The molecular weight excluding hydrogens is 357 g/mol. The van der Waals surface area contributed by atoms with Crippen LogP contribution in [0.1, 0.15) is 27.1 Å². The Bertz CT molecular complexity index is 713. The molecule has 26 heavy (non-hydrogen) atoms. The second-order valence-corrected chi connectivity index (χ2v) is 5.50. The van der Waals surface area contributed by atoms with E-state index in [1.54, 1.807) is 0 Å². The summed E-state index contributed by atoms with van der Waals surface area (Å²) in [6.45, 7) is -3.00. The largest absolute Gasteiger partial charge is 0.469 e. The summed E-state index contributed by atoms with van der Waals surface area (Å²) in [5.74, 6) is -3.39. The topological polar surface area (TPSA) is 84.0 Å². The van der Waals surface area contributed by atoms with Crippen LogP contribution in [0.2, 0.25) is 0 Å². The summed E-state index contributed by atoms with van der Waals surface area (Å²) >= 11 is 0. The van der Waals surface area contributed by atoms with Gasteiger partial charge in [-0.3, -0.25) is 24.1 Å². The number of nitrogens with zero attached hydrogens (tertiary/aromatic N) is 2. The Morgan fingerprint density at radius 2 is 1.65 bits per heavy atom. The highest BCUT2D eigenvalue weighted by atomic mass is 19.4. The number of esters is 1. The molecule has 1 aliphatic heterocycles. The van der Waals surface area contributed by atoms with Gasteiger partial charge in [-0.1, -0.05) is 12.1 Å². The number of fused-ring (bicyclic) bond motifs is 1. The van der Waals surface area contributed by atoms with Gasteiger partial charge in [0, 0.05) is 6.54 Å². The molecule has 0 radical (unpaired) electrons. The van der Waals surface area contributed by atoms with E-state index in [2.05, 4.69) is 4.74 Å². The summed E-state index contributed by atoms with van der Waals surface area (Å²) in [5.41, 5.74) is 0.171. The molecule has 10 heteroatoms. The quantitative estimate of drug-likeness (QED) is 0.554. The van der Waals surface area contributed by atoms with E-state index in [0.717, 1.165) is 7.11 Å². The normalized spacial score (nSPS) is 13.6. The average molecular weight is 372 g/mol. The van der Waals surface area contributed by atoms with Gasteiger partial charge in [-0.05, 0) is 12.1 Å². The minimum Gasteiger partial charge on any atom is -0.469 e. The van der Waals surface area contributed by atoms with Crippen molar-refractivity contribution in [3.8, 4) is 0 Å². The lowest BCUT2D eigenvalue weighted by Gasteiger charge is -2.25. The van der Waals surface area contributed by atoms with Gasteiger partial charge in [0.25, 0.3) is 11.8 Å². The van der Waals surface area contributed by atoms with Gasteiger partial charge in [-0.15, -0.1) is 0 Å². The number of amides is 3. The van der Waals surface area contributed by atoms with Gasteiger partial charge in [0.1, 0.15) is 13.1 Å². The number of carbonyl (C=O) groups excluding carboxylic acids is 4. The molecule has 1 aromatic rings. The maximum atomic E-state index is 12.7. The minimum absolute atomic E-state index is 0.0854. The summed E-state index contributed by atoms with van der Waals surface area (Å²) in [6, 6.07) is 5.85. The van der Waals surface area contributed by atoms with Crippen LogP contribution in [0.5, 0.6) is 0 Å². The van der Waals surface area contributed by atoms with E-state index >= 15 is 0 Å². The fourth-order valence-corrected chi connectivity index (χ4v) is 2.45. The Kier molecular flexibility index (Phi) is 5.63. The van der Waals surface area contributed by atoms with Crippen LogP contribution >= 0.6 is 0 Å². The highest BCUT2D eigenvalue weighted by Crippen LogP contribution is 2.23. The molecule has 140 valence electrons. The molecule has 1 aliphatic rings. The Labute approximate surface area is 146 Å². The second-order valence-electron chi connectivity index (χ2n) is 5.50. The molecule has 0 spiro atoms. The van der Waals surface area contributed by atoms with Crippen molar-refractivity contribution >= 4 is 23.7 Å². The standard InChI is InChI=1S/C16H15F3N2O5/c1-26-13(23)6-7-20(9-16(17,18)19)12(22)8-21-14(24)10-4-2-3-5-11(10)15(21)25/h2-5H,6-9H2,1H3. The third kappa shape index (κ3) is 4.38. The minimum atomic E-state index is -4.70. The molecule has 0 aromatic heterocycles. The first-order valence-electron chi connectivity index (χ1n) is 7.50. The van der Waals surface area contributed by atoms with Gasteiger partial charge in [-0.25, -0.2) is 0 Å². The van der Waals surface area contributed by atoms with E-state index in [9.17, 15) is 32.3 Å². The first-order valence-corrected chi connectivity index (χ1v) is 7.50. The first kappa shape index (κ1) is 19.4. The van der Waals surface area contributed by atoms with Gasteiger partial charge in [-0.2, -0.15) is 13.2 Å². The molecule has 1 aromatic carbocycles. The van der Waals surface area contributed by atoms with Crippen molar-refractivity contribution in [2.45, 2.75) is 12.6 Å². The number of ether oxygens (including phenoxy) is 1. The summed E-state index contributed by atoms with van der Waals surface area (Å²) in [7, 11) is 1.07. The third-order valence-electron chi connectivity index (χ3n) is 3.71. The molecule has 0 N–H and O–H groups in total. The Morgan fingerprint density at radius 3 is 2.12 bits per heavy atom. The fraction of sp³-hybridized carbons (Fsp3) is 0.375. The van der Waals surface area contributed by atoms with Crippen molar-refractivity contribution in [2.75, 3.05) is 26.7 Å². The fourth-order valence-electron chi connectivity index (χ4n) is 2.45. The molecule has 0 fully saturated rings. The number of rotatable bonds is 6. The molecule has 2 rings (SSSR count). The van der Waals surface area contributed by atoms with E-state index in [0.29, 0.717) is 9.80 Å². The average Bonchev–Trinajstić information content (AvgIpc) is 2.82. The highest BCUT2D eigenvalue weighted by molar-refractivity contribution is 6.22. The van der Waals surface area contributed by atoms with Gasteiger partial charge < -0.3 is 9.64 Å². The Hall–Kier alpha value is -2.91. The lowest BCUT2D eigenvalue weighted by atomic mass is 10.1. The van der Waals surface area contributed by atoms with Crippen LogP contribution in [0, 0.1) is 0 Å². The van der Waals surface area contributed by atoms with E-state index < -0.39 is 55.9 Å². The molecular formula is C16H15F3N2O5. The van der Waals surface area contributed by atoms with Crippen LogP contribution in [0.4, 0.5) is 13.2 Å². The van der Waals surface area contributed by atoms with Crippen molar-refractivity contribution in [1.82, 2.24) is 9.80 Å². The van der Waals surface area contributed by atoms with Crippen molar-refractivity contribution in [3.63, 3.8) is 0 Å². The summed E-state index contributed by atoms with van der Waals surface area (Å²) in [4.78, 5) is 48.8. The molecule has 0 atom stereocenters. The zero-order valence-electron chi connectivity index (χ0n) is 13.7. The van der Waals surface area contributed by atoms with Crippen LogP contribution < -0.4 is 0 Å². The lowest BCUT2D eigenvalue weighted by molar-refractivity contribution is -0.162. The van der Waals surface area contributed by atoms with Crippen molar-refractivity contribution in [1.29, 1.82) is 0 Å². The van der Waals surface area contributed by atoms with Gasteiger partial charge >= 0.3 is 12.1 Å². The molecule has 0 saturated carbocycles. The smallest absolute Gasteiger partial charge is 0.406 e. The summed E-state index contributed by atoms with van der Waals surface area (Å²) in [6.07, 6.45) is -5.14. The number of hydrogen-bond acceptors (Lipinski definition) is 5. The maximum Gasteiger partial charge on any atom is 0.406 e. The highest BCUT2D eigenvalue weighted by Gasteiger charge is 2.39. The zero-order valence-corrected chi connectivity index (χ0v) is 13.7. The summed E-state index contributed by atoms with van der Waals surface area (Å²) < 4.78 is 42.4. The van der Waals surface area contributed by atoms with Crippen molar-refractivity contribution in [3.05, 3.63) is 35.4 Å². The van der Waals surface area contributed by atoms with Gasteiger partial charge in [0.05, 0.1) is 24.7 Å². The molecule has 3 amide bonds. The Balaban J connectivity index is 2.12. The monoisotopic (exact) mass is 372 g/mol. The number of halogens is 3. The second kappa shape index (κ2) is 7.54. The molecule has 0 saturated heterocycles. The number of carbonyl (C=O) groups is 4. The van der Waals surface area contributed by atoms with Crippen LogP contribution in [-0.4, -0.2) is 66.4 Å². The third-order valence-corrected chi connectivity index (χ3v) is 3.71. The number of hydrogen-bond donors (Lipinski definition) is 0. The molecule has 7 nitrogen and oxygen atoms in total. The lowest BCUT2D eigenvalue weighted by Crippen LogP contribution is -2.46. The van der Waals surface area contributed by atoms with Gasteiger partial charge in [0.15, 0.2) is 0 Å². The number of alkyl halides is 3. The molecule has 0 bridgehead atoms. The van der Waals surface area contributed by atoms with Crippen LogP contribution in [0.25, 0.3) is 0 Å².